The molecule has 8 heteroatoms. The number of anilines is 1. The maximum atomic E-state index is 12.8. The highest BCUT2D eigenvalue weighted by molar-refractivity contribution is 5.95. The lowest BCUT2D eigenvalue weighted by Crippen LogP contribution is -2.48. The predicted octanol–water partition coefficient (Wildman–Crippen LogP) is 1.72. The second kappa shape index (κ2) is 7.85. The molecule has 0 unspecified atom stereocenters. The van der Waals surface area contributed by atoms with Crippen molar-refractivity contribution in [2.45, 2.75) is 33.1 Å². The summed E-state index contributed by atoms with van der Waals surface area (Å²) in [7, 11) is 0. The van der Waals surface area contributed by atoms with Crippen LogP contribution in [0.1, 0.15) is 46.7 Å². The fourth-order valence-corrected chi connectivity index (χ4v) is 4.27. The van der Waals surface area contributed by atoms with E-state index in [0.29, 0.717) is 12.1 Å². The van der Waals surface area contributed by atoms with E-state index in [9.17, 15) is 9.59 Å². The summed E-state index contributed by atoms with van der Waals surface area (Å²) in [6.07, 6.45) is 2.52. The van der Waals surface area contributed by atoms with Crippen molar-refractivity contribution in [3.63, 3.8) is 0 Å². The van der Waals surface area contributed by atoms with Crippen LogP contribution in [0.5, 0.6) is 0 Å². The molecule has 2 saturated heterocycles. The van der Waals surface area contributed by atoms with Crippen molar-refractivity contribution < 1.29 is 9.59 Å². The van der Waals surface area contributed by atoms with Crippen LogP contribution in [0.2, 0.25) is 0 Å². The van der Waals surface area contributed by atoms with Crippen LogP contribution in [0.4, 0.5) is 5.69 Å². The van der Waals surface area contributed by atoms with Crippen molar-refractivity contribution in [1.29, 1.82) is 0 Å². The van der Waals surface area contributed by atoms with E-state index in [4.69, 9.17) is 4.98 Å². The number of pyridine rings is 1. The van der Waals surface area contributed by atoms with E-state index >= 15 is 0 Å². The molecule has 4 heterocycles. The number of piperazine rings is 1. The quantitative estimate of drug-likeness (QED) is 0.854. The molecule has 0 radical (unpaired) electrons. The van der Waals surface area contributed by atoms with Crippen LogP contribution in [-0.4, -0.2) is 76.1 Å². The highest BCUT2D eigenvalue weighted by Crippen LogP contribution is 2.30. The van der Waals surface area contributed by atoms with Crippen LogP contribution >= 0.6 is 0 Å². The van der Waals surface area contributed by atoms with Crippen LogP contribution in [-0.2, 0) is 4.79 Å². The van der Waals surface area contributed by atoms with Crippen molar-refractivity contribution in [2.24, 2.45) is 0 Å². The number of hydrogen-bond donors (Lipinski definition) is 1. The number of amides is 2. The normalized spacial score (nSPS) is 19.7. The van der Waals surface area contributed by atoms with Gasteiger partial charge in [0, 0.05) is 74.9 Å². The number of aromatic amines is 1. The highest BCUT2D eigenvalue weighted by atomic mass is 16.2. The molecule has 0 bridgehead atoms. The third-order valence-corrected chi connectivity index (χ3v) is 6.00. The van der Waals surface area contributed by atoms with Gasteiger partial charge in [-0.2, -0.15) is 5.10 Å². The molecule has 0 aromatic carbocycles. The predicted molar refractivity (Wildman–Crippen MR) is 110 cm³/mol. The van der Waals surface area contributed by atoms with Gasteiger partial charge in [0.1, 0.15) is 0 Å². The van der Waals surface area contributed by atoms with Crippen LogP contribution < -0.4 is 4.90 Å². The summed E-state index contributed by atoms with van der Waals surface area (Å²) in [5.74, 6) is 0.412. The molecule has 2 aromatic heterocycles. The number of carbonyl (C=O) groups excluding carboxylic acids is 2. The zero-order valence-corrected chi connectivity index (χ0v) is 17.3. The van der Waals surface area contributed by atoms with E-state index in [0.717, 1.165) is 61.9 Å². The number of aryl methyl sites for hydroxylation is 2. The van der Waals surface area contributed by atoms with Crippen molar-refractivity contribution in [1.82, 2.24) is 25.0 Å². The molecule has 2 fully saturated rings. The number of aromatic nitrogens is 3. The molecular formula is C21H28N6O2. The fourth-order valence-electron chi connectivity index (χ4n) is 4.27. The molecule has 1 N–H and O–H groups in total. The molecule has 0 aliphatic carbocycles. The zero-order chi connectivity index (χ0) is 20.5. The average molecular weight is 396 g/mol. The number of nitrogens with zero attached hydrogens (tertiary/aromatic N) is 5. The molecule has 2 aliphatic heterocycles. The van der Waals surface area contributed by atoms with Crippen LogP contribution in [0.15, 0.2) is 18.3 Å². The lowest BCUT2D eigenvalue weighted by atomic mass is 10.0. The summed E-state index contributed by atoms with van der Waals surface area (Å²) >= 11 is 0. The summed E-state index contributed by atoms with van der Waals surface area (Å²) in [4.78, 5) is 35.3. The van der Waals surface area contributed by atoms with E-state index in [-0.39, 0.29) is 17.7 Å². The van der Waals surface area contributed by atoms with Gasteiger partial charge in [0.15, 0.2) is 0 Å². The molecular weight excluding hydrogens is 368 g/mol. The first-order valence-electron chi connectivity index (χ1n) is 10.2. The lowest BCUT2D eigenvalue weighted by molar-refractivity contribution is -0.129. The van der Waals surface area contributed by atoms with E-state index in [1.165, 1.54) is 0 Å². The summed E-state index contributed by atoms with van der Waals surface area (Å²) in [6.45, 7) is 10.1. The number of carbonyl (C=O) groups is 2. The maximum absolute atomic E-state index is 12.8. The van der Waals surface area contributed by atoms with Gasteiger partial charge in [-0.1, -0.05) is 0 Å². The molecule has 1 atom stereocenters. The maximum Gasteiger partial charge on any atom is 0.257 e. The molecule has 0 spiro atoms. The first-order chi connectivity index (χ1) is 13.9. The summed E-state index contributed by atoms with van der Waals surface area (Å²) in [6, 6.07) is 4.28. The second-order valence-corrected chi connectivity index (χ2v) is 8.03. The minimum atomic E-state index is 0.0342. The Hall–Kier alpha value is -2.90. The first-order valence-corrected chi connectivity index (χ1v) is 10.2. The molecule has 2 amide bonds. The number of hydrogen-bond acceptors (Lipinski definition) is 5. The van der Waals surface area contributed by atoms with Gasteiger partial charge >= 0.3 is 0 Å². The second-order valence-electron chi connectivity index (χ2n) is 8.03. The number of nitrogens with one attached hydrogen (secondary N) is 1. The Morgan fingerprint density at radius 2 is 1.83 bits per heavy atom. The molecule has 8 nitrogen and oxygen atoms in total. The van der Waals surface area contributed by atoms with Gasteiger partial charge in [0.05, 0.1) is 11.8 Å². The number of likely N-dealkylation sites (tertiary alicyclic amines) is 1. The van der Waals surface area contributed by atoms with Gasteiger partial charge in [-0.25, -0.2) is 0 Å². The average Bonchev–Trinajstić information content (AvgIpc) is 3.36. The third kappa shape index (κ3) is 3.97. The molecule has 0 saturated carbocycles. The standard InChI is InChI=1S/C21H28N6O2/c1-14-10-18(26-8-6-25(7-9-26)16(3)28)11-20(23-14)17-4-5-27(13-17)21(29)19-12-22-24-15(19)2/h10-12,17H,4-9,13H2,1-3H3,(H,22,24)/t17-/m1/s1. The van der Waals surface area contributed by atoms with Crippen LogP contribution in [0, 0.1) is 13.8 Å². The lowest BCUT2D eigenvalue weighted by Gasteiger charge is -2.36. The number of H-pyrrole nitrogens is 1. The van der Waals surface area contributed by atoms with E-state index in [1.54, 1.807) is 13.1 Å². The van der Waals surface area contributed by atoms with Crippen molar-refractivity contribution in [3.05, 3.63) is 41.0 Å². The molecule has 2 aliphatic rings. The Morgan fingerprint density at radius 1 is 1.07 bits per heavy atom. The zero-order valence-electron chi connectivity index (χ0n) is 17.3. The summed E-state index contributed by atoms with van der Waals surface area (Å²) in [5.41, 5.74) is 4.65. The van der Waals surface area contributed by atoms with E-state index in [1.807, 2.05) is 23.6 Å². The highest BCUT2D eigenvalue weighted by Gasteiger charge is 2.30. The topological polar surface area (TPSA) is 85.4 Å². The largest absolute Gasteiger partial charge is 0.368 e. The SMILES string of the molecule is CC(=O)N1CCN(c2cc(C)nc([C@@H]3CCN(C(=O)c4cn[nH]c4C)C3)c2)CC1. The molecule has 29 heavy (non-hydrogen) atoms. The van der Waals surface area contributed by atoms with Gasteiger partial charge in [-0.05, 0) is 32.4 Å². The number of rotatable bonds is 3. The Bertz CT molecular complexity index is 916. The van der Waals surface area contributed by atoms with Gasteiger partial charge in [-0.15, -0.1) is 0 Å². The third-order valence-electron chi connectivity index (χ3n) is 6.00. The summed E-state index contributed by atoms with van der Waals surface area (Å²) < 4.78 is 0. The Balaban J connectivity index is 1.46. The van der Waals surface area contributed by atoms with E-state index < -0.39 is 0 Å². The van der Waals surface area contributed by atoms with Crippen molar-refractivity contribution in [3.8, 4) is 0 Å². The van der Waals surface area contributed by atoms with Gasteiger partial charge in [0.2, 0.25) is 5.91 Å². The first kappa shape index (κ1) is 19.4. The minimum Gasteiger partial charge on any atom is -0.368 e. The van der Waals surface area contributed by atoms with Gasteiger partial charge in [-0.3, -0.25) is 19.7 Å². The van der Waals surface area contributed by atoms with Crippen LogP contribution in [0.3, 0.4) is 0 Å². The smallest absolute Gasteiger partial charge is 0.257 e. The van der Waals surface area contributed by atoms with Crippen molar-refractivity contribution in [2.75, 3.05) is 44.2 Å². The van der Waals surface area contributed by atoms with Crippen molar-refractivity contribution >= 4 is 17.5 Å². The molecule has 4 rings (SSSR count). The Morgan fingerprint density at radius 3 is 2.48 bits per heavy atom. The minimum absolute atomic E-state index is 0.0342. The van der Waals surface area contributed by atoms with Gasteiger partial charge in [0.25, 0.3) is 5.91 Å². The van der Waals surface area contributed by atoms with Gasteiger partial charge < -0.3 is 14.7 Å². The van der Waals surface area contributed by atoms with Crippen LogP contribution in [0.25, 0.3) is 0 Å². The Kier molecular flexibility index (Phi) is 5.25. The fraction of sp³-hybridized carbons (Fsp3) is 0.524. The van der Waals surface area contributed by atoms with E-state index in [2.05, 4.69) is 27.2 Å². The Labute approximate surface area is 170 Å². The molecule has 2 aromatic rings. The monoisotopic (exact) mass is 396 g/mol. The molecule has 154 valence electrons. The summed E-state index contributed by atoms with van der Waals surface area (Å²) in [5, 5.41) is 6.80.